The molecule has 2 aromatic heterocycles. The van der Waals surface area contributed by atoms with Crippen molar-refractivity contribution in [3.05, 3.63) is 48.2 Å². The van der Waals surface area contributed by atoms with E-state index in [1.165, 1.54) is 0 Å². The van der Waals surface area contributed by atoms with E-state index in [2.05, 4.69) is 10.3 Å². The van der Waals surface area contributed by atoms with Crippen molar-refractivity contribution in [2.24, 2.45) is 0 Å². The SMILES string of the molecule is Cc1cnccc1NCc1ccoc1. The molecule has 0 amide bonds. The van der Waals surface area contributed by atoms with Crippen molar-refractivity contribution in [1.82, 2.24) is 4.98 Å². The molecule has 3 nitrogen and oxygen atoms in total. The number of aryl methyl sites for hydroxylation is 1. The van der Waals surface area contributed by atoms with Gasteiger partial charge in [-0.25, -0.2) is 0 Å². The monoisotopic (exact) mass is 188 g/mol. The zero-order valence-electron chi connectivity index (χ0n) is 8.03. The molecule has 2 rings (SSSR count). The molecule has 0 atom stereocenters. The molecule has 14 heavy (non-hydrogen) atoms. The average molecular weight is 188 g/mol. The fourth-order valence-corrected chi connectivity index (χ4v) is 1.26. The quantitative estimate of drug-likeness (QED) is 0.804. The van der Waals surface area contributed by atoms with E-state index in [0.29, 0.717) is 0 Å². The van der Waals surface area contributed by atoms with E-state index in [-0.39, 0.29) is 0 Å². The maximum Gasteiger partial charge on any atom is 0.0952 e. The first-order chi connectivity index (χ1) is 6.86. The van der Waals surface area contributed by atoms with Crippen LogP contribution in [0.1, 0.15) is 11.1 Å². The second-order valence-corrected chi connectivity index (χ2v) is 3.18. The van der Waals surface area contributed by atoms with E-state index in [1.807, 2.05) is 25.3 Å². The van der Waals surface area contributed by atoms with Gasteiger partial charge in [-0.3, -0.25) is 4.98 Å². The lowest BCUT2D eigenvalue weighted by molar-refractivity contribution is 0.564. The number of nitrogens with one attached hydrogen (secondary N) is 1. The van der Waals surface area contributed by atoms with Gasteiger partial charge in [0.25, 0.3) is 0 Å². The van der Waals surface area contributed by atoms with Gasteiger partial charge in [0.2, 0.25) is 0 Å². The van der Waals surface area contributed by atoms with E-state index in [0.717, 1.165) is 23.4 Å². The van der Waals surface area contributed by atoms with Gasteiger partial charge >= 0.3 is 0 Å². The van der Waals surface area contributed by atoms with Crippen LogP contribution in [0, 0.1) is 6.92 Å². The Morgan fingerprint density at radius 2 is 2.36 bits per heavy atom. The number of hydrogen-bond acceptors (Lipinski definition) is 3. The molecule has 3 heteroatoms. The average Bonchev–Trinajstić information content (AvgIpc) is 2.69. The predicted octanol–water partition coefficient (Wildman–Crippen LogP) is 2.60. The minimum Gasteiger partial charge on any atom is -0.472 e. The Bertz CT molecular complexity index is 395. The number of rotatable bonds is 3. The van der Waals surface area contributed by atoms with Gasteiger partial charge in [-0.2, -0.15) is 0 Å². The molecular formula is C11H12N2O. The third-order valence-electron chi connectivity index (χ3n) is 2.08. The Hall–Kier alpha value is -1.77. The summed E-state index contributed by atoms with van der Waals surface area (Å²) in [4.78, 5) is 4.03. The molecule has 0 saturated heterocycles. The van der Waals surface area contributed by atoms with Crippen molar-refractivity contribution in [3.8, 4) is 0 Å². The Morgan fingerprint density at radius 3 is 3.07 bits per heavy atom. The minimum atomic E-state index is 0.779. The van der Waals surface area contributed by atoms with Gasteiger partial charge in [-0.15, -0.1) is 0 Å². The molecule has 0 unspecified atom stereocenters. The van der Waals surface area contributed by atoms with E-state index in [1.54, 1.807) is 18.7 Å². The molecule has 2 heterocycles. The molecule has 0 fully saturated rings. The molecule has 0 aliphatic heterocycles. The minimum absolute atomic E-state index is 0.779. The molecule has 0 spiro atoms. The second-order valence-electron chi connectivity index (χ2n) is 3.18. The first kappa shape index (κ1) is 8.81. The van der Waals surface area contributed by atoms with Crippen LogP contribution in [0.25, 0.3) is 0 Å². The number of anilines is 1. The topological polar surface area (TPSA) is 38.1 Å². The van der Waals surface area contributed by atoms with Gasteiger partial charge in [0.15, 0.2) is 0 Å². The summed E-state index contributed by atoms with van der Waals surface area (Å²) in [5, 5.41) is 3.32. The summed E-state index contributed by atoms with van der Waals surface area (Å²) < 4.78 is 4.98. The first-order valence-corrected chi connectivity index (χ1v) is 4.52. The molecule has 0 aliphatic rings. The maximum absolute atomic E-state index is 4.98. The number of furan rings is 1. The van der Waals surface area contributed by atoms with Gasteiger partial charge in [0.05, 0.1) is 12.5 Å². The molecule has 2 aromatic rings. The summed E-state index contributed by atoms with van der Waals surface area (Å²) in [6, 6.07) is 3.92. The highest BCUT2D eigenvalue weighted by molar-refractivity contribution is 5.48. The van der Waals surface area contributed by atoms with Crippen LogP contribution in [-0.2, 0) is 6.54 Å². The van der Waals surface area contributed by atoms with E-state index >= 15 is 0 Å². The van der Waals surface area contributed by atoms with Gasteiger partial charge in [-0.1, -0.05) is 0 Å². The number of aromatic nitrogens is 1. The Balaban J connectivity index is 2.02. The van der Waals surface area contributed by atoms with Crippen LogP contribution in [0.3, 0.4) is 0 Å². The Labute approximate surface area is 82.8 Å². The van der Waals surface area contributed by atoms with Crippen molar-refractivity contribution < 1.29 is 4.42 Å². The highest BCUT2D eigenvalue weighted by Crippen LogP contribution is 2.13. The lowest BCUT2D eigenvalue weighted by atomic mass is 10.2. The summed E-state index contributed by atoms with van der Waals surface area (Å²) in [6.45, 7) is 2.81. The van der Waals surface area contributed by atoms with Crippen LogP contribution in [0.2, 0.25) is 0 Å². The molecule has 0 aromatic carbocycles. The van der Waals surface area contributed by atoms with Gasteiger partial charge < -0.3 is 9.73 Å². The molecule has 0 aliphatic carbocycles. The van der Waals surface area contributed by atoms with Crippen LogP contribution in [-0.4, -0.2) is 4.98 Å². The zero-order chi connectivity index (χ0) is 9.80. The van der Waals surface area contributed by atoms with Crippen LogP contribution >= 0.6 is 0 Å². The highest BCUT2D eigenvalue weighted by Gasteiger charge is 1.97. The lowest BCUT2D eigenvalue weighted by Crippen LogP contribution is -1.99. The van der Waals surface area contributed by atoms with Crippen LogP contribution in [0.15, 0.2) is 41.5 Å². The lowest BCUT2D eigenvalue weighted by Gasteiger charge is -2.06. The van der Waals surface area contributed by atoms with E-state index in [9.17, 15) is 0 Å². The number of pyridine rings is 1. The molecule has 0 bridgehead atoms. The number of nitrogens with zero attached hydrogens (tertiary/aromatic N) is 1. The summed E-state index contributed by atoms with van der Waals surface area (Å²) in [5.41, 5.74) is 3.40. The molecule has 0 saturated carbocycles. The third kappa shape index (κ3) is 1.93. The molecule has 72 valence electrons. The van der Waals surface area contributed by atoms with Gasteiger partial charge in [0, 0.05) is 30.2 Å². The summed E-state index contributed by atoms with van der Waals surface area (Å²) in [5.74, 6) is 0. The zero-order valence-corrected chi connectivity index (χ0v) is 8.03. The van der Waals surface area contributed by atoms with E-state index in [4.69, 9.17) is 4.42 Å². The van der Waals surface area contributed by atoms with Crippen molar-refractivity contribution >= 4 is 5.69 Å². The van der Waals surface area contributed by atoms with Crippen molar-refractivity contribution in [2.75, 3.05) is 5.32 Å². The summed E-state index contributed by atoms with van der Waals surface area (Å²) in [7, 11) is 0. The largest absolute Gasteiger partial charge is 0.472 e. The fourth-order valence-electron chi connectivity index (χ4n) is 1.26. The highest BCUT2D eigenvalue weighted by atomic mass is 16.3. The standard InChI is InChI=1S/C11H12N2O/c1-9-6-12-4-2-11(9)13-7-10-3-5-14-8-10/h2-6,8H,7H2,1H3,(H,12,13). The summed E-state index contributed by atoms with van der Waals surface area (Å²) >= 11 is 0. The fraction of sp³-hybridized carbons (Fsp3) is 0.182. The predicted molar refractivity (Wildman–Crippen MR) is 55.0 cm³/mol. The molecular weight excluding hydrogens is 176 g/mol. The maximum atomic E-state index is 4.98. The first-order valence-electron chi connectivity index (χ1n) is 4.52. The smallest absolute Gasteiger partial charge is 0.0952 e. The second kappa shape index (κ2) is 3.96. The Morgan fingerprint density at radius 1 is 1.43 bits per heavy atom. The summed E-state index contributed by atoms with van der Waals surface area (Å²) in [6.07, 6.45) is 7.04. The van der Waals surface area contributed by atoms with Crippen molar-refractivity contribution in [3.63, 3.8) is 0 Å². The van der Waals surface area contributed by atoms with Gasteiger partial charge in [-0.05, 0) is 24.6 Å². The normalized spacial score (nSPS) is 10.1. The molecule has 1 N–H and O–H groups in total. The molecule has 0 radical (unpaired) electrons. The van der Waals surface area contributed by atoms with Crippen LogP contribution < -0.4 is 5.32 Å². The van der Waals surface area contributed by atoms with Gasteiger partial charge in [0.1, 0.15) is 0 Å². The van der Waals surface area contributed by atoms with Crippen LogP contribution in [0.4, 0.5) is 5.69 Å². The van der Waals surface area contributed by atoms with Crippen molar-refractivity contribution in [1.29, 1.82) is 0 Å². The third-order valence-corrected chi connectivity index (χ3v) is 2.08. The van der Waals surface area contributed by atoms with E-state index < -0.39 is 0 Å². The number of hydrogen-bond donors (Lipinski definition) is 1. The Kier molecular flexibility index (Phi) is 2.49. The van der Waals surface area contributed by atoms with Crippen molar-refractivity contribution in [2.45, 2.75) is 13.5 Å². The van der Waals surface area contributed by atoms with Crippen LogP contribution in [0.5, 0.6) is 0 Å².